The van der Waals surface area contributed by atoms with Crippen LogP contribution in [0.1, 0.15) is 17.0 Å². The molecule has 2 fully saturated rings. The number of hydrogen-bond acceptors (Lipinski definition) is 3. The summed E-state index contributed by atoms with van der Waals surface area (Å²) in [7, 11) is 0. The number of piperazine rings is 2. The molecule has 2 aliphatic rings. The third kappa shape index (κ3) is 3.32. The van der Waals surface area contributed by atoms with Gasteiger partial charge in [-0.05, 0) is 11.1 Å². The summed E-state index contributed by atoms with van der Waals surface area (Å²) in [6.45, 7) is 3.88. The quantitative estimate of drug-likeness (QED) is 0.892. The molecule has 2 aliphatic heterocycles. The first-order valence-corrected chi connectivity index (χ1v) is 9.28. The number of carboxylic acid groups (broad SMARTS) is 1. The highest BCUT2D eigenvalue weighted by molar-refractivity contribution is 5.65. The van der Waals surface area contributed by atoms with Gasteiger partial charge in [-0.1, -0.05) is 60.7 Å². The topological polar surface area (TPSA) is 55.8 Å². The predicted molar refractivity (Wildman–Crippen MR) is 101 cm³/mol. The minimum Gasteiger partial charge on any atom is -0.465 e. The van der Waals surface area contributed by atoms with Gasteiger partial charge < -0.3 is 15.3 Å². The van der Waals surface area contributed by atoms with Crippen LogP contribution in [0.2, 0.25) is 0 Å². The van der Waals surface area contributed by atoms with E-state index in [1.807, 2.05) is 12.1 Å². The number of amides is 1. The lowest BCUT2D eigenvalue weighted by molar-refractivity contribution is 0.00794. The molecule has 0 aromatic heterocycles. The molecule has 0 spiro atoms. The average molecular weight is 351 g/mol. The van der Waals surface area contributed by atoms with E-state index in [-0.39, 0.29) is 18.0 Å². The van der Waals surface area contributed by atoms with Crippen LogP contribution < -0.4 is 5.32 Å². The first-order chi connectivity index (χ1) is 12.7. The number of hydrogen-bond donors (Lipinski definition) is 2. The zero-order valence-corrected chi connectivity index (χ0v) is 14.8. The van der Waals surface area contributed by atoms with Gasteiger partial charge in [-0.3, -0.25) is 4.90 Å². The smallest absolute Gasteiger partial charge is 0.407 e. The van der Waals surface area contributed by atoms with Crippen LogP contribution in [-0.2, 0) is 0 Å². The molecule has 0 bridgehead atoms. The van der Waals surface area contributed by atoms with Gasteiger partial charge in [0.05, 0.1) is 0 Å². The first kappa shape index (κ1) is 17.1. The number of nitrogens with zero attached hydrogens (tertiary/aromatic N) is 2. The molecule has 2 atom stereocenters. The van der Waals surface area contributed by atoms with E-state index in [1.165, 1.54) is 11.1 Å². The van der Waals surface area contributed by atoms with Crippen molar-refractivity contribution in [3.05, 3.63) is 71.8 Å². The van der Waals surface area contributed by atoms with Crippen molar-refractivity contribution >= 4 is 6.09 Å². The molecule has 2 N–H and O–H groups in total. The van der Waals surface area contributed by atoms with Crippen molar-refractivity contribution in [1.29, 1.82) is 0 Å². The van der Waals surface area contributed by atoms with Crippen LogP contribution in [0, 0.1) is 0 Å². The van der Waals surface area contributed by atoms with E-state index >= 15 is 0 Å². The Morgan fingerprint density at radius 1 is 1.00 bits per heavy atom. The van der Waals surface area contributed by atoms with Gasteiger partial charge in [-0.2, -0.15) is 0 Å². The number of rotatable bonds is 3. The Morgan fingerprint density at radius 3 is 2.19 bits per heavy atom. The monoisotopic (exact) mass is 351 g/mol. The summed E-state index contributed by atoms with van der Waals surface area (Å²) in [4.78, 5) is 15.9. The zero-order valence-electron chi connectivity index (χ0n) is 14.8. The Hall–Kier alpha value is -2.37. The van der Waals surface area contributed by atoms with E-state index < -0.39 is 6.09 Å². The van der Waals surface area contributed by atoms with Crippen molar-refractivity contribution in [3.63, 3.8) is 0 Å². The van der Waals surface area contributed by atoms with E-state index in [2.05, 4.69) is 58.7 Å². The summed E-state index contributed by atoms with van der Waals surface area (Å²) in [5.74, 6) is 0.153. The maximum atomic E-state index is 11.8. The fourth-order valence-electron chi connectivity index (χ4n) is 4.45. The van der Waals surface area contributed by atoms with Gasteiger partial charge in [0.1, 0.15) is 0 Å². The minimum absolute atomic E-state index is 0.136. The molecule has 1 amide bonds. The average Bonchev–Trinajstić information content (AvgIpc) is 2.69. The highest BCUT2D eigenvalue weighted by Gasteiger charge is 2.41. The Kier molecular flexibility index (Phi) is 4.91. The summed E-state index contributed by atoms with van der Waals surface area (Å²) < 4.78 is 0. The summed E-state index contributed by atoms with van der Waals surface area (Å²) in [6.07, 6.45) is -0.819. The highest BCUT2D eigenvalue weighted by Crippen LogP contribution is 2.34. The van der Waals surface area contributed by atoms with Crippen LogP contribution in [0.4, 0.5) is 4.79 Å². The molecule has 0 saturated carbocycles. The van der Waals surface area contributed by atoms with Crippen molar-refractivity contribution < 1.29 is 9.90 Å². The van der Waals surface area contributed by atoms with Gasteiger partial charge >= 0.3 is 6.09 Å². The van der Waals surface area contributed by atoms with Crippen LogP contribution in [0.15, 0.2) is 60.7 Å². The van der Waals surface area contributed by atoms with Crippen LogP contribution >= 0.6 is 0 Å². The molecule has 136 valence electrons. The molecule has 2 saturated heterocycles. The molecular formula is C21H25N3O2. The standard InChI is InChI=1S/C21H25N3O2/c25-21(26)23-14-18-13-22-11-12-24(18)19(15-23)20(16-7-3-1-4-8-16)17-9-5-2-6-10-17/h1-10,18-20,22H,11-15H2,(H,25,26)/t18-,19-/m0/s1. The maximum Gasteiger partial charge on any atom is 0.407 e. The van der Waals surface area contributed by atoms with Gasteiger partial charge in [-0.25, -0.2) is 4.79 Å². The van der Waals surface area contributed by atoms with Crippen molar-refractivity contribution in [2.45, 2.75) is 18.0 Å². The summed E-state index contributed by atoms with van der Waals surface area (Å²) in [6, 6.07) is 21.3. The fourth-order valence-corrected chi connectivity index (χ4v) is 4.45. The van der Waals surface area contributed by atoms with Crippen molar-refractivity contribution in [2.24, 2.45) is 0 Å². The van der Waals surface area contributed by atoms with Gasteiger partial charge in [0.2, 0.25) is 0 Å². The van der Waals surface area contributed by atoms with Crippen LogP contribution in [-0.4, -0.2) is 65.8 Å². The highest BCUT2D eigenvalue weighted by atomic mass is 16.4. The Bertz CT molecular complexity index is 698. The maximum absolute atomic E-state index is 11.8. The van der Waals surface area contributed by atoms with Gasteiger partial charge in [0, 0.05) is 50.7 Å². The Labute approximate surface area is 154 Å². The zero-order chi connectivity index (χ0) is 17.9. The third-order valence-electron chi connectivity index (χ3n) is 5.63. The molecule has 2 heterocycles. The third-order valence-corrected chi connectivity index (χ3v) is 5.63. The fraction of sp³-hybridized carbons (Fsp3) is 0.381. The van der Waals surface area contributed by atoms with Crippen molar-refractivity contribution in [1.82, 2.24) is 15.1 Å². The van der Waals surface area contributed by atoms with Crippen molar-refractivity contribution in [3.8, 4) is 0 Å². The van der Waals surface area contributed by atoms with Gasteiger partial charge in [0.25, 0.3) is 0 Å². The summed E-state index contributed by atoms with van der Waals surface area (Å²) in [5.41, 5.74) is 2.49. The molecule has 0 aliphatic carbocycles. The normalized spacial score (nSPS) is 23.7. The van der Waals surface area contributed by atoms with E-state index in [4.69, 9.17) is 0 Å². The second-order valence-corrected chi connectivity index (χ2v) is 7.15. The lowest BCUT2D eigenvalue weighted by Crippen LogP contribution is -2.67. The number of nitrogens with one attached hydrogen (secondary N) is 1. The van der Waals surface area contributed by atoms with E-state index in [1.54, 1.807) is 4.90 Å². The van der Waals surface area contributed by atoms with Gasteiger partial charge in [0.15, 0.2) is 0 Å². The molecule has 0 radical (unpaired) electrons. The van der Waals surface area contributed by atoms with Crippen LogP contribution in [0.3, 0.4) is 0 Å². The lowest BCUT2D eigenvalue weighted by atomic mass is 9.82. The van der Waals surface area contributed by atoms with E-state index in [0.29, 0.717) is 13.1 Å². The van der Waals surface area contributed by atoms with Crippen molar-refractivity contribution in [2.75, 3.05) is 32.7 Å². The summed E-state index contributed by atoms with van der Waals surface area (Å²) >= 11 is 0. The molecule has 4 rings (SSSR count). The van der Waals surface area contributed by atoms with E-state index in [9.17, 15) is 9.90 Å². The molecular weight excluding hydrogens is 326 g/mol. The largest absolute Gasteiger partial charge is 0.465 e. The van der Waals surface area contributed by atoms with E-state index in [0.717, 1.165) is 19.6 Å². The SMILES string of the molecule is O=C(O)N1C[C@@H]2CNCCN2[C@H](C(c2ccccc2)c2ccccc2)C1. The minimum atomic E-state index is -0.819. The molecule has 5 heteroatoms. The second kappa shape index (κ2) is 7.48. The summed E-state index contributed by atoms with van der Waals surface area (Å²) in [5, 5.41) is 13.1. The number of carbonyl (C=O) groups is 1. The molecule has 2 aromatic rings. The Morgan fingerprint density at radius 2 is 1.62 bits per heavy atom. The van der Waals surface area contributed by atoms with Gasteiger partial charge in [-0.15, -0.1) is 0 Å². The molecule has 2 aromatic carbocycles. The molecule has 0 unspecified atom stereocenters. The number of fused-ring (bicyclic) bond motifs is 1. The lowest BCUT2D eigenvalue weighted by Gasteiger charge is -2.51. The predicted octanol–water partition coefficient (Wildman–Crippen LogP) is 2.45. The second-order valence-electron chi connectivity index (χ2n) is 7.15. The Balaban J connectivity index is 1.76. The molecule has 26 heavy (non-hydrogen) atoms. The molecule has 5 nitrogen and oxygen atoms in total. The van der Waals surface area contributed by atoms with Crippen LogP contribution in [0.25, 0.3) is 0 Å². The van der Waals surface area contributed by atoms with Crippen LogP contribution in [0.5, 0.6) is 0 Å². The number of benzene rings is 2. The first-order valence-electron chi connectivity index (χ1n) is 9.28.